The van der Waals surface area contributed by atoms with Crippen molar-refractivity contribution in [2.24, 2.45) is 46.2 Å². The van der Waals surface area contributed by atoms with E-state index in [-0.39, 0.29) is 53.6 Å². The second-order valence-electron chi connectivity index (χ2n) is 17.3. The van der Waals surface area contributed by atoms with Gasteiger partial charge in [0.2, 0.25) is 0 Å². The third-order valence-corrected chi connectivity index (χ3v) is 11.9. The SMILES string of the molecule is C[C@H](CCC(=O)OC(C)(C)C)C1CCC2C3CCC4CC(OC(=O)[C@@H](N)CCC(=O)OC(C)(C)C)CCC4(C)C3(O)C=CC21C. The number of aliphatic hydroxyl groups is 1. The van der Waals surface area contributed by atoms with Gasteiger partial charge in [-0.1, -0.05) is 32.9 Å². The molecule has 4 rings (SSSR count). The summed E-state index contributed by atoms with van der Waals surface area (Å²) in [6.07, 6.45) is 12.1. The number of esters is 3. The van der Waals surface area contributed by atoms with Crippen LogP contribution in [-0.2, 0) is 28.6 Å². The van der Waals surface area contributed by atoms with Crippen LogP contribution in [-0.4, -0.2) is 52.0 Å². The van der Waals surface area contributed by atoms with Gasteiger partial charge < -0.3 is 25.1 Å². The Hall–Kier alpha value is -1.93. The van der Waals surface area contributed by atoms with E-state index in [0.717, 1.165) is 44.9 Å². The topological polar surface area (TPSA) is 125 Å². The molecule has 0 saturated heterocycles. The smallest absolute Gasteiger partial charge is 0.323 e. The van der Waals surface area contributed by atoms with Crippen molar-refractivity contribution in [2.75, 3.05) is 0 Å². The number of rotatable bonds is 9. The summed E-state index contributed by atoms with van der Waals surface area (Å²) >= 11 is 0. The molecule has 4 aliphatic carbocycles. The summed E-state index contributed by atoms with van der Waals surface area (Å²) < 4.78 is 16.8. The molecular formula is C37H61NO7. The van der Waals surface area contributed by atoms with Gasteiger partial charge in [0.15, 0.2) is 0 Å². The molecule has 10 atom stereocenters. The minimum atomic E-state index is -0.895. The molecule has 0 spiro atoms. The fourth-order valence-electron chi connectivity index (χ4n) is 9.59. The minimum Gasteiger partial charge on any atom is -0.461 e. The molecule has 0 aromatic rings. The second kappa shape index (κ2) is 12.9. The maximum absolute atomic E-state index is 12.8. The summed E-state index contributed by atoms with van der Waals surface area (Å²) in [7, 11) is 0. The maximum atomic E-state index is 12.8. The second-order valence-corrected chi connectivity index (χ2v) is 17.3. The van der Waals surface area contributed by atoms with E-state index in [2.05, 4.69) is 32.9 Å². The Kier molecular flexibility index (Phi) is 10.3. The Bertz CT molecular complexity index is 1140. The summed E-state index contributed by atoms with van der Waals surface area (Å²) in [6.45, 7) is 18.1. The van der Waals surface area contributed by atoms with Crippen molar-refractivity contribution in [3.63, 3.8) is 0 Å². The Morgan fingerprint density at radius 1 is 0.867 bits per heavy atom. The van der Waals surface area contributed by atoms with Crippen molar-refractivity contribution in [2.45, 2.75) is 162 Å². The number of carbonyl (C=O) groups excluding carboxylic acids is 3. The van der Waals surface area contributed by atoms with Gasteiger partial charge in [-0.25, -0.2) is 0 Å². The lowest BCUT2D eigenvalue weighted by Crippen LogP contribution is -2.64. The Morgan fingerprint density at radius 3 is 2.04 bits per heavy atom. The lowest BCUT2D eigenvalue weighted by atomic mass is 9.44. The number of nitrogens with two attached hydrogens (primary N) is 1. The Morgan fingerprint density at radius 2 is 1.44 bits per heavy atom. The predicted octanol–water partition coefficient (Wildman–Crippen LogP) is 6.66. The van der Waals surface area contributed by atoms with Gasteiger partial charge in [0.25, 0.3) is 0 Å². The predicted molar refractivity (Wildman–Crippen MR) is 174 cm³/mol. The van der Waals surface area contributed by atoms with Gasteiger partial charge in [0.05, 0.1) is 5.60 Å². The van der Waals surface area contributed by atoms with Crippen molar-refractivity contribution < 1.29 is 33.7 Å². The molecule has 8 unspecified atom stereocenters. The van der Waals surface area contributed by atoms with Gasteiger partial charge in [-0.3, -0.25) is 14.4 Å². The van der Waals surface area contributed by atoms with Crippen molar-refractivity contribution in [3.05, 3.63) is 12.2 Å². The minimum absolute atomic E-state index is 0.00435. The molecule has 8 heteroatoms. The fraction of sp³-hybridized carbons (Fsp3) is 0.865. The van der Waals surface area contributed by atoms with E-state index >= 15 is 0 Å². The Labute approximate surface area is 271 Å². The van der Waals surface area contributed by atoms with E-state index in [1.165, 1.54) is 0 Å². The quantitative estimate of drug-likeness (QED) is 0.165. The van der Waals surface area contributed by atoms with Crippen LogP contribution in [0.15, 0.2) is 12.2 Å². The zero-order valence-electron chi connectivity index (χ0n) is 29.4. The molecule has 4 aliphatic rings. The van der Waals surface area contributed by atoms with Crippen LogP contribution in [0.5, 0.6) is 0 Å². The van der Waals surface area contributed by atoms with Gasteiger partial charge in [0.1, 0.15) is 23.3 Å². The zero-order valence-corrected chi connectivity index (χ0v) is 29.4. The van der Waals surface area contributed by atoms with Crippen LogP contribution in [0, 0.1) is 40.4 Å². The summed E-state index contributed by atoms with van der Waals surface area (Å²) in [5.74, 6) is 0.715. The monoisotopic (exact) mass is 631 g/mol. The lowest BCUT2D eigenvalue weighted by molar-refractivity contribution is -0.198. The molecule has 3 N–H and O–H groups in total. The highest BCUT2D eigenvalue weighted by atomic mass is 16.6. The highest BCUT2D eigenvalue weighted by Gasteiger charge is 2.65. The van der Waals surface area contributed by atoms with Crippen LogP contribution in [0.1, 0.15) is 133 Å². The molecule has 0 heterocycles. The van der Waals surface area contributed by atoms with Gasteiger partial charge >= 0.3 is 17.9 Å². The molecule has 0 aliphatic heterocycles. The van der Waals surface area contributed by atoms with Gasteiger partial charge in [-0.15, -0.1) is 0 Å². The van der Waals surface area contributed by atoms with Crippen molar-refractivity contribution in [1.82, 2.24) is 0 Å². The molecule has 256 valence electrons. The number of allylic oxidation sites excluding steroid dienone is 1. The highest BCUT2D eigenvalue weighted by Crippen LogP contribution is 2.67. The van der Waals surface area contributed by atoms with E-state index in [9.17, 15) is 19.5 Å². The zero-order chi connectivity index (χ0) is 33.6. The summed E-state index contributed by atoms with van der Waals surface area (Å²) in [4.78, 5) is 37.3. The molecule has 0 aromatic carbocycles. The Balaban J connectivity index is 1.37. The molecule has 0 radical (unpaired) electrons. The highest BCUT2D eigenvalue weighted by molar-refractivity contribution is 5.77. The van der Waals surface area contributed by atoms with Gasteiger partial charge in [-0.05, 0) is 134 Å². The van der Waals surface area contributed by atoms with Crippen molar-refractivity contribution >= 4 is 17.9 Å². The van der Waals surface area contributed by atoms with Crippen molar-refractivity contribution in [3.8, 4) is 0 Å². The largest absolute Gasteiger partial charge is 0.461 e. The fourth-order valence-corrected chi connectivity index (χ4v) is 9.59. The third-order valence-electron chi connectivity index (χ3n) is 11.9. The first-order valence-corrected chi connectivity index (χ1v) is 17.5. The molecule has 3 fully saturated rings. The van der Waals surface area contributed by atoms with E-state index in [4.69, 9.17) is 19.9 Å². The van der Waals surface area contributed by atoms with Crippen LogP contribution in [0.25, 0.3) is 0 Å². The first kappa shape index (κ1) is 35.9. The number of hydrogen-bond donors (Lipinski definition) is 2. The first-order chi connectivity index (χ1) is 20.7. The molecule has 45 heavy (non-hydrogen) atoms. The number of carbonyl (C=O) groups is 3. The summed E-state index contributed by atoms with van der Waals surface area (Å²) in [5.41, 5.74) is 3.87. The first-order valence-electron chi connectivity index (χ1n) is 17.5. The summed E-state index contributed by atoms with van der Waals surface area (Å²) in [5, 5.41) is 12.6. The average Bonchev–Trinajstić information content (AvgIpc) is 3.26. The molecule has 0 aromatic heterocycles. The summed E-state index contributed by atoms with van der Waals surface area (Å²) in [6, 6.07) is -0.869. The number of hydrogen-bond acceptors (Lipinski definition) is 8. The van der Waals surface area contributed by atoms with Gasteiger partial charge in [0, 0.05) is 18.3 Å². The number of fused-ring (bicyclic) bond motifs is 5. The van der Waals surface area contributed by atoms with E-state index in [1.54, 1.807) is 0 Å². The average molecular weight is 632 g/mol. The van der Waals surface area contributed by atoms with E-state index in [1.807, 2.05) is 41.5 Å². The van der Waals surface area contributed by atoms with E-state index in [0.29, 0.717) is 30.6 Å². The lowest BCUT2D eigenvalue weighted by Gasteiger charge is -2.63. The van der Waals surface area contributed by atoms with Gasteiger partial charge in [-0.2, -0.15) is 0 Å². The number of ether oxygens (including phenoxy) is 3. The molecule has 8 nitrogen and oxygen atoms in total. The van der Waals surface area contributed by atoms with Crippen LogP contribution >= 0.6 is 0 Å². The molecule has 0 amide bonds. The van der Waals surface area contributed by atoms with E-state index < -0.39 is 28.8 Å². The molecular weight excluding hydrogens is 570 g/mol. The normalized spacial score (nSPS) is 37.4. The standard InChI is InChI=1S/C37H61NO7/c1-23(10-16-30(39)44-33(2,3)4)26-13-14-27-28-12-11-24-22-25(18-19-36(24,9)37(28,42)21-20-35(26,27)8)43-32(41)29(38)15-17-31(40)45-34(5,6)7/h20-21,23-29,42H,10-19,22,38H2,1-9H3/t23-,24?,25?,26?,27?,28?,29+,35?,36?,37?/m1/s1. The molecule has 3 saturated carbocycles. The van der Waals surface area contributed by atoms with Crippen LogP contribution in [0.4, 0.5) is 0 Å². The van der Waals surface area contributed by atoms with Crippen molar-refractivity contribution in [1.29, 1.82) is 0 Å². The van der Waals surface area contributed by atoms with Crippen LogP contribution in [0.2, 0.25) is 0 Å². The van der Waals surface area contributed by atoms with Crippen LogP contribution < -0.4 is 5.73 Å². The molecule has 0 bridgehead atoms. The third kappa shape index (κ3) is 7.63. The maximum Gasteiger partial charge on any atom is 0.323 e. The van der Waals surface area contributed by atoms with Crippen LogP contribution in [0.3, 0.4) is 0 Å².